The summed E-state index contributed by atoms with van der Waals surface area (Å²) >= 11 is 9.26. The highest BCUT2D eigenvalue weighted by atomic mass is 79.9. The molecule has 4 rings (SSSR count). The number of nitrogens with one attached hydrogen (secondary N) is 1. The Balaban J connectivity index is 1.37. The minimum Gasteiger partial charge on any atom is -0.489 e. The molecule has 0 bridgehead atoms. The van der Waals surface area contributed by atoms with Gasteiger partial charge in [-0.3, -0.25) is 9.48 Å². The number of aromatic nitrogens is 2. The third kappa shape index (κ3) is 5.55. The Labute approximate surface area is 197 Å². The number of nitrogens with zero attached hydrogens (tertiary/aromatic N) is 2. The van der Waals surface area contributed by atoms with Crippen LogP contribution in [0.4, 0.5) is 10.2 Å². The summed E-state index contributed by atoms with van der Waals surface area (Å²) in [5, 5.41) is 7.76. The summed E-state index contributed by atoms with van der Waals surface area (Å²) in [4.78, 5) is 12.6. The van der Waals surface area contributed by atoms with Crippen LogP contribution in [0.15, 0.2) is 83.5 Å². The zero-order valence-corrected chi connectivity index (χ0v) is 19.1. The number of rotatable bonds is 7. The van der Waals surface area contributed by atoms with Crippen molar-refractivity contribution in [2.75, 3.05) is 5.32 Å². The molecule has 0 aliphatic carbocycles. The van der Waals surface area contributed by atoms with Crippen molar-refractivity contribution < 1.29 is 13.9 Å². The lowest BCUT2D eigenvalue weighted by atomic mass is 10.1. The van der Waals surface area contributed by atoms with E-state index in [9.17, 15) is 9.18 Å². The molecule has 0 unspecified atom stereocenters. The van der Waals surface area contributed by atoms with Crippen LogP contribution in [0.1, 0.15) is 21.5 Å². The number of carbonyl (C=O) groups excluding carboxylic acids is 1. The summed E-state index contributed by atoms with van der Waals surface area (Å²) < 4.78 is 21.8. The van der Waals surface area contributed by atoms with E-state index in [1.807, 2.05) is 12.1 Å². The Morgan fingerprint density at radius 2 is 1.78 bits per heavy atom. The normalized spacial score (nSPS) is 10.7. The second-order valence-corrected chi connectivity index (χ2v) is 8.30. The maximum atomic E-state index is 13.9. The van der Waals surface area contributed by atoms with E-state index in [1.165, 1.54) is 6.07 Å². The van der Waals surface area contributed by atoms with E-state index in [2.05, 4.69) is 26.3 Å². The van der Waals surface area contributed by atoms with E-state index in [0.29, 0.717) is 38.8 Å². The number of ether oxygens (including phenoxy) is 1. The fourth-order valence-electron chi connectivity index (χ4n) is 2.99. The van der Waals surface area contributed by atoms with Gasteiger partial charge in [0.25, 0.3) is 5.91 Å². The van der Waals surface area contributed by atoms with Crippen LogP contribution in [0, 0.1) is 5.82 Å². The zero-order chi connectivity index (χ0) is 22.5. The van der Waals surface area contributed by atoms with Crippen LogP contribution >= 0.6 is 27.5 Å². The molecule has 8 heteroatoms. The standard InChI is InChI=1S/C24H18BrClFN3O2/c25-21-14-30(13-18-3-1-2-4-22(18)27)29-23(21)28-24(31)17-7-5-16(6-8-17)15-32-20-11-9-19(26)10-12-20/h1-12,14H,13,15H2,(H,28,29,31). The number of benzene rings is 3. The third-order valence-corrected chi connectivity index (χ3v) is 5.51. The van der Waals surface area contributed by atoms with Crippen LogP contribution in [-0.2, 0) is 13.2 Å². The monoisotopic (exact) mass is 513 g/mol. The summed E-state index contributed by atoms with van der Waals surface area (Å²) in [7, 11) is 0. The summed E-state index contributed by atoms with van der Waals surface area (Å²) in [5.41, 5.74) is 1.92. The van der Waals surface area contributed by atoms with Crippen molar-refractivity contribution >= 4 is 39.3 Å². The van der Waals surface area contributed by atoms with Gasteiger partial charge in [-0.05, 0) is 64.0 Å². The Hall–Kier alpha value is -3.16. The molecule has 4 aromatic rings. The lowest BCUT2D eigenvalue weighted by molar-refractivity contribution is 0.102. The quantitative estimate of drug-likeness (QED) is 0.314. The molecule has 0 radical (unpaired) electrons. The van der Waals surface area contributed by atoms with Crippen molar-refractivity contribution in [3.8, 4) is 5.75 Å². The van der Waals surface area contributed by atoms with Crippen LogP contribution < -0.4 is 10.1 Å². The van der Waals surface area contributed by atoms with Gasteiger partial charge in [0.15, 0.2) is 5.82 Å². The molecule has 0 spiro atoms. The predicted octanol–water partition coefficient (Wildman–Crippen LogP) is 6.32. The first-order valence-corrected chi connectivity index (χ1v) is 10.9. The second kappa shape index (κ2) is 9.97. The van der Waals surface area contributed by atoms with Gasteiger partial charge in [-0.2, -0.15) is 5.10 Å². The fraction of sp³-hybridized carbons (Fsp3) is 0.0833. The van der Waals surface area contributed by atoms with Crippen molar-refractivity contribution in [3.63, 3.8) is 0 Å². The van der Waals surface area contributed by atoms with Gasteiger partial charge in [0.1, 0.15) is 18.2 Å². The van der Waals surface area contributed by atoms with Crippen LogP contribution in [0.3, 0.4) is 0 Å². The smallest absolute Gasteiger partial charge is 0.256 e. The maximum Gasteiger partial charge on any atom is 0.256 e. The van der Waals surface area contributed by atoms with Gasteiger partial charge in [-0.15, -0.1) is 0 Å². The molecule has 1 heterocycles. The van der Waals surface area contributed by atoms with E-state index in [4.69, 9.17) is 16.3 Å². The zero-order valence-electron chi connectivity index (χ0n) is 16.8. The molecular formula is C24H18BrClFN3O2. The second-order valence-electron chi connectivity index (χ2n) is 7.01. The van der Waals surface area contributed by atoms with E-state index in [-0.39, 0.29) is 18.3 Å². The molecule has 0 saturated carbocycles. The average Bonchev–Trinajstić information content (AvgIpc) is 3.14. The van der Waals surface area contributed by atoms with Gasteiger partial charge >= 0.3 is 0 Å². The van der Waals surface area contributed by atoms with Gasteiger partial charge < -0.3 is 10.1 Å². The molecule has 1 amide bonds. The molecule has 1 aromatic heterocycles. The highest BCUT2D eigenvalue weighted by Gasteiger charge is 2.13. The lowest BCUT2D eigenvalue weighted by Crippen LogP contribution is -2.13. The lowest BCUT2D eigenvalue weighted by Gasteiger charge is -2.08. The highest BCUT2D eigenvalue weighted by molar-refractivity contribution is 9.10. The number of amides is 1. The highest BCUT2D eigenvalue weighted by Crippen LogP contribution is 2.22. The van der Waals surface area contributed by atoms with Crippen molar-refractivity contribution in [2.45, 2.75) is 13.2 Å². The van der Waals surface area contributed by atoms with E-state index < -0.39 is 0 Å². The van der Waals surface area contributed by atoms with Crippen LogP contribution in [-0.4, -0.2) is 15.7 Å². The van der Waals surface area contributed by atoms with Crippen LogP contribution in [0.5, 0.6) is 5.75 Å². The summed E-state index contributed by atoms with van der Waals surface area (Å²) in [6.45, 7) is 0.624. The van der Waals surface area contributed by atoms with E-state index >= 15 is 0 Å². The fourth-order valence-corrected chi connectivity index (χ4v) is 3.53. The molecular weight excluding hydrogens is 497 g/mol. The van der Waals surface area contributed by atoms with Crippen LogP contribution in [0.25, 0.3) is 0 Å². The molecule has 0 aliphatic rings. The predicted molar refractivity (Wildman–Crippen MR) is 126 cm³/mol. The average molecular weight is 515 g/mol. The van der Waals surface area contributed by atoms with Gasteiger partial charge in [0.2, 0.25) is 0 Å². The number of carbonyl (C=O) groups is 1. The minimum absolute atomic E-state index is 0.253. The molecule has 5 nitrogen and oxygen atoms in total. The molecule has 1 N–H and O–H groups in total. The first-order valence-electron chi connectivity index (χ1n) is 9.73. The van der Waals surface area contributed by atoms with Crippen molar-refractivity contribution in [1.82, 2.24) is 9.78 Å². The first kappa shape index (κ1) is 22.0. The summed E-state index contributed by atoms with van der Waals surface area (Å²) in [5.74, 6) is 0.477. The van der Waals surface area contributed by atoms with Gasteiger partial charge in [0.05, 0.1) is 11.0 Å². The molecule has 0 saturated heterocycles. The minimum atomic E-state index is -0.301. The number of halogens is 3. The van der Waals surface area contributed by atoms with Gasteiger partial charge in [-0.25, -0.2) is 4.39 Å². The molecule has 162 valence electrons. The first-order chi connectivity index (χ1) is 15.5. The largest absolute Gasteiger partial charge is 0.489 e. The van der Waals surface area contributed by atoms with Crippen molar-refractivity contribution in [3.05, 3.63) is 111 Å². The number of hydrogen-bond donors (Lipinski definition) is 1. The van der Waals surface area contributed by atoms with Gasteiger partial charge in [-0.1, -0.05) is 41.9 Å². The summed E-state index contributed by atoms with van der Waals surface area (Å²) in [6, 6.07) is 20.7. The van der Waals surface area contributed by atoms with E-state index in [0.717, 1.165) is 5.56 Å². The number of anilines is 1. The molecule has 3 aromatic carbocycles. The Morgan fingerprint density at radius 1 is 1.06 bits per heavy atom. The van der Waals surface area contributed by atoms with Gasteiger partial charge in [0, 0.05) is 22.3 Å². The Kier molecular flexibility index (Phi) is 6.87. The maximum absolute atomic E-state index is 13.9. The Morgan fingerprint density at radius 3 is 2.50 bits per heavy atom. The van der Waals surface area contributed by atoms with E-state index in [1.54, 1.807) is 65.5 Å². The SMILES string of the molecule is O=C(Nc1nn(Cc2ccccc2F)cc1Br)c1ccc(COc2ccc(Cl)cc2)cc1. The third-order valence-electron chi connectivity index (χ3n) is 4.67. The van der Waals surface area contributed by atoms with Crippen LogP contribution in [0.2, 0.25) is 5.02 Å². The summed E-state index contributed by atoms with van der Waals surface area (Å²) in [6.07, 6.45) is 1.69. The molecule has 0 atom stereocenters. The topological polar surface area (TPSA) is 56.2 Å². The Bertz CT molecular complexity index is 1230. The molecule has 32 heavy (non-hydrogen) atoms. The number of hydrogen-bond acceptors (Lipinski definition) is 3. The molecule has 0 aliphatic heterocycles. The van der Waals surface area contributed by atoms with Crippen molar-refractivity contribution in [1.29, 1.82) is 0 Å². The van der Waals surface area contributed by atoms with Crippen molar-refractivity contribution in [2.24, 2.45) is 0 Å². The molecule has 0 fully saturated rings.